The number of hydrogen-bond donors (Lipinski definition) is 0. The quantitative estimate of drug-likeness (QED) is 0.580. The Morgan fingerprint density at radius 2 is 1.65 bits per heavy atom. The van der Waals surface area contributed by atoms with E-state index in [9.17, 15) is 4.39 Å². The van der Waals surface area contributed by atoms with Crippen molar-refractivity contribution in [2.75, 3.05) is 0 Å². The molecule has 4 rings (SSSR count). The molecule has 0 saturated heterocycles. The predicted molar refractivity (Wildman–Crippen MR) is 86.3 cm³/mol. The number of aromatic nitrogens is 4. The molecular formula is C18H13FN4. The maximum absolute atomic E-state index is 13.0. The standard InChI is InChI=1S/C18H13FN4/c19-16-10-8-14(9-11-16)18-20-22-23(21-18)12-15-6-3-5-13-4-1-2-7-17(13)15/h1-11H,12H2. The normalized spacial score (nSPS) is 11.0. The number of rotatable bonds is 3. The minimum absolute atomic E-state index is 0.281. The molecule has 0 amide bonds. The van der Waals surface area contributed by atoms with Crippen LogP contribution >= 0.6 is 0 Å². The first-order chi connectivity index (χ1) is 11.3. The SMILES string of the molecule is Fc1ccc(-c2nnn(Cc3cccc4ccccc34)n2)cc1. The molecule has 3 aromatic carbocycles. The highest BCUT2D eigenvalue weighted by Gasteiger charge is 2.08. The minimum atomic E-state index is -0.281. The smallest absolute Gasteiger partial charge is 0.204 e. The van der Waals surface area contributed by atoms with Gasteiger partial charge >= 0.3 is 0 Å². The molecule has 112 valence electrons. The first kappa shape index (κ1) is 13.6. The molecule has 0 spiro atoms. The molecule has 0 atom stereocenters. The minimum Gasteiger partial charge on any atom is -0.207 e. The summed E-state index contributed by atoms with van der Waals surface area (Å²) in [5, 5.41) is 14.9. The Morgan fingerprint density at radius 1 is 0.870 bits per heavy atom. The van der Waals surface area contributed by atoms with Crippen LogP contribution < -0.4 is 0 Å². The third kappa shape index (κ3) is 2.68. The second-order valence-electron chi connectivity index (χ2n) is 5.29. The van der Waals surface area contributed by atoms with E-state index in [2.05, 4.69) is 39.7 Å². The molecule has 0 bridgehead atoms. The van der Waals surface area contributed by atoms with Gasteiger partial charge in [0.05, 0.1) is 6.54 Å². The van der Waals surface area contributed by atoms with Gasteiger partial charge in [-0.1, -0.05) is 42.5 Å². The number of tetrazole rings is 1. The van der Waals surface area contributed by atoms with E-state index in [0.29, 0.717) is 12.4 Å². The highest BCUT2D eigenvalue weighted by atomic mass is 19.1. The summed E-state index contributed by atoms with van der Waals surface area (Å²) in [5.41, 5.74) is 1.88. The van der Waals surface area contributed by atoms with E-state index >= 15 is 0 Å². The van der Waals surface area contributed by atoms with E-state index in [0.717, 1.165) is 11.1 Å². The van der Waals surface area contributed by atoms with Crippen molar-refractivity contribution in [1.82, 2.24) is 20.2 Å². The van der Waals surface area contributed by atoms with Crippen molar-refractivity contribution in [3.05, 3.63) is 78.1 Å². The molecule has 23 heavy (non-hydrogen) atoms. The van der Waals surface area contributed by atoms with Crippen LogP contribution in [0.5, 0.6) is 0 Å². The fourth-order valence-corrected chi connectivity index (χ4v) is 2.61. The van der Waals surface area contributed by atoms with Gasteiger partial charge in [-0.05, 0) is 45.8 Å². The van der Waals surface area contributed by atoms with E-state index < -0.39 is 0 Å². The lowest BCUT2D eigenvalue weighted by Crippen LogP contribution is -2.04. The summed E-state index contributed by atoms with van der Waals surface area (Å²) < 4.78 is 13.0. The molecule has 4 aromatic rings. The zero-order chi connectivity index (χ0) is 15.6. The highest BCUT2D eigenvalue weighted by molar-refractivity contribution is 5.85. The Hall–Kier alpha value is -3.08. The van der Waals surface area contributed by atoms with Gasteiger partial charge < -0.3 is 0 Å². The van der Waals surface area contributed by atoms with Crippen LogP contribution in [0, 0.1) is 5.82 Å². The molecule has 0 radical (unpaired) electrons. The van der Waals surface area contributed by atoms with Crippen molar-refractivity contribution in [1.29, 1.82) is 0 Å². The van der Waals surface area contributed by atoms with Gasteiger partial charge in [0.1, 0.15) is 5.82 Å². The van der Waals surface area contributed by atoms with Gasteiger partial charge in [-0.15, -0.1) is 10.2 Å². The predicted octanol–water partition coefficient (Wildman–Crippen LogP) is 3.68. The average molecular weight is 304 g/mol. The first-order valence-electron chi connectivity index (χ1n) is 7.30. The van der Waals surface area contributed by atoms with Crippen LogP contribution in [0.15, 0.2) is 66.7 Å². The van der Waals surface area contributed by atoms with Crippen molar-refractivity contribution in [2.24, 2.45) is 0 Å². The molecule has 0 aliphatic heterocycles. The number of benzene rings is 3. The Bertz CT molecular complexity index is 955. The molecule has 1 aromatic heterocycles. The molecule has 0 saturated carbocycles. The van der Waals surface area contributed by atoms with E-state index in [-0.39, 0.29) is 5.82 Å². The summed E-state index contributed by atoms with van der Waals surface area (Å²) >= 11 is 0. The van der Waals surface area contributed by atoms with Crippen molar-refractivity contribution < 1.29 is 4.39 Å². The Balaban J connectivity index is 1.66. The Labute approximate surface area is 132 Å². The highest BCUT2D eigenvalue weighted by Crippen LogP contribution is 2.19. The van der Waals surface area contributed by atoms with Crippen LogP contribution in [0.1, 0.15) is 5.56 Å². The molecule has 0 unspecified atom stereocenters. The van der Waals surface area contributed by atoms with Crippen LogP contribution in [0.3, 0.4) is 0 Å². The lowest BCUT2D eigenvalue weighted by molar-refractivity contribution is 0.575. The summed E-state index contributed by atoms with van der Waals surface area (Å²) in [7, 11) is 0. The largest absolute Gasteiger partial charge is 0.207 e. The molecule has 0 fully saturated rings. The topological polar surface area (TPSA) is 43.6 Å². The second-order valence-corrected chi connectivity index (χ2v) is 5.29. The molecule has 0 N–H and O–H groups in total. The maximum Gasteiger partial charge on any atom is 0.204 e. The van der Waals surface area contributed by atoms with Gasteiger partial charge in [-0.2, -0.15) is 4.80 Å². The summed E-state index contributed by atoms with van der Waals surface area (Å²) in [5.74, 6) is 0.210. The van der Waals surface area contributed by atoms with Crippen molar-refractivity contribution >= 4 is 10.8 Å². The van der Waals surface area contributed by atoms with Crippen LogP contribution in [-0.2, 0) is 6.54 Å². The molecule has 1 heterocycles. The Kier molecular flexibility index (Phi) is 3.31. The summed E-state index contributed by atoms with van der Waals surface area (Å²) in [6.07, 6.45) is 0. The molecular weight excluding hydrogens is 291 g/mol. The van der Waals surface area contributed by atoms with E-state index in [4.69, 9.17) is 0 Å². The van der Waals surface area contributed by atoms with Gasteiger partial charge in [-0.25, -0.2) is 4.39 Å². The van der Waals surface area contributed by atoms with E-state index in [1.165, 1.54) is 22.9 Å². The second kappa shape index (κ2) is 5.61. The summed E-state index contributed by atoms with van der Waals surface area (Å²) in [4.78, 5) is 1.56. The number of halogens is 1. The van der Waals surface area contributed by atoms with E-state index in [1.54, 1.807) is 16.9 Å². The van der Waals surface area contributed by atoms with Gasteiger partial charge in [0.2, 0.25) is 5.82 Å². The lowest BCUT2D eigenvalue weighted by Gasteiger charge is -2.05. The lowest BCUT2D eigenvalue weighted by atomic mass is 10.1. The third-order valence-corrected chi connectivity index (χ3v) is 3.75. The van der Waals surface area contributed by atoms with E-state index in [1.807, 2.05) is 18.2 Å². The fourth-order valence-electron chi connectivity index (χ4n) is 2.61. The number of nitrogens with zero attached hydrogens (tertiary/aromatic N) is 4. The van der Waals surface area contributed by atoms with Crippen LogP contribution in [0.25, 0.3) is 22.2 Å². The zero-order valence-corrected chi connectivity index (χ0v) is 12.2. The van der Waals surface area contributed by atoms with Gasteiger partial charge in [0, 0.05) is 5.56 Å². The zero-order valence-electron chi connectivity index (χ0n) is 12.2. The van der Waals surface area contributed by atoms with Crippen molar-refractivity contribution in [3.8, 4) is 11.4 Å². The summed E-state index contributed by atoms with van der Waals surface area (Å²) in [6, 6.07) is 20.4. The molecule has 0 aliphatic carbocycles. The fraction of sp³-hybridized carbons (Fsp3) is 0.0556. The molecule has 0 aliphatic rings. The summed E-state index contributed by atoms with van der Waals surface area (Å²) in [6.45, 7) is 0.537. The third-order valence-electron chi connectivity index (χ3n) is 3.75. The van der Waals surface area contributed by atoms with Gasteiger partial charge in [0.25, 0.3) is 0 Å². The van der Waals surface area contributed by atoms with Gasteiger partial charge in [0.15, 0.2) is 0 Å². The first-order valence-corrected chi connectivity index (χ1v) is 7.30. The van der Waals surface area contributed by atoms with Crippen molar-refractivity contribution in [3.63, 3.8) is 0 Å². The Morgan fingerprint density at radius 3 is 2.52 bits per heavy atom. The van der Waals surface area contributed by atoms with Crippen LogP contribution in [-0.4, -0.2) is 20.2 Å². The molecule has 4 nitrogen and oxygen atoms in total. The number of hydrogen-bond acceptors (Lipinski definition) is 3. The average Bonchev–Trinajstić information content (AvgIpc) is 3.04. The van der Waals surface area contributed by atoms with Crippen LogP contribution in [0.4, 0.5) is 4.39 Å². The van der Waals surface area contributed by atoms with Crippen LogP contribution in [0.2, 0.25) is 0 Å². The molecule has 5 heteroatoms. The van der Waals surface area contributed by atoms with Gasteiger partial charge in [-0.3, -0.25) is 0 Å². The maximum atomic E-state index is 13.0. The monoisotopic (exact) mass is 304 g/mol. The number of fused-ring (bicyclic) bond motifs is 1. The van der Waals surface area contributed by atoms with Crippen molar-refractivity contribution in [2.45, 2.75) is 6.54 Å².